The van der Waals surface area contributed by atoms with E-state index in [0.29, 0.717) is 30.9 Å². The number of hydrogen-bond donors (Lipinski definition) is 2. The molecule has 0 aliphatic carbocycles. The molecule has 0 bridgehead atoms. The monoisotopic (exact) mass is 345 g/mol. The maximum absolute atomic E-state index is 12.2. The number of carbonyl (C=O) groups is 2. The van der Waals surface area contributed by atoms with Crippen LogP contribution in [0, 0.1) is 11.3 Å². The van der Waals surface area contributed by atoms with Gasteiger partial charge in [-0.15, -0.1) is 0 Å². The average molecular weight is 345 g/mol. The van der Waals surface area contributed by atoms with Gasteiger partial charge in [-0.2, -0.15) is 5.26 Å². The molecule has 7 nitrogen and oxygen atoms in total. The summed E-state index contributed by atoms with van der Waals surface area (Å²) < 4.78 is 1.86. The number of likely N-dealkylation sites (tertiary alicyclic amines) is 1. The third kappa shape index (κ3) is 5.24. The fraction of sp³-hybridized carbons (Fsp3) is 0.611. The Bertz CT molecular complexity index is 666. The Morgan fingerprint density at radius 1 is 1.32 bits per heavy atom. The highest BCUT2D eigenvalue weighted by atomic mass is 16.2. The van der Waals surface area contributed by atoms with Crippen LogP contribution in [0.4, 0.5) is 10.6 Å². The molecule has 2 N–H and O–H groups in total. The van der Waals surface area contributed by atoms with Gasteiger partial charge in [0.05, 0.1) is 5.56 Å². The maximum Gasteiger partial charge on any atom is 0.320 e. The van der Waals surface area contributed by atoms with Crippen LogP contribution >= 0.6 is 0 Å². The quantitative estimate of drug-likeness (QED) is 0.879. The van der Waals surface area contributed by atoms with E-state index in [0.717, 1.165) is 25.8 Å². The maximum atomic E-state index is 12.2. The molecule has 136 valence electrons. The Morgan fingerprint density at radius 2 is 2.08 bits per heavy atom. The van der Waals surface area contributed by atoms with E-state index in [2.05, 4.69) is 16.7 Å². The number of urea groups is 1. The smallest absolute Gasteiger partial charge is 0.320 e. The van der Waals surface area contributed by atoms with Gasteiger partial charge in [0.25, 0.3) is 0 Å². The number of nitriles is 1. The molecule has 3 amide bonds. The fourth-order valence-electron chi connectivity index (χ4n) is 2.92. The standard InChI is InChI=1S/C18H27N5O2/c1-18(2,3)23-13-14(12-19)11-15(23)21-17(25)20-8-10-22-9-6-4-5-7-16(22)24/h11,13H,4-10H2,1-3H3,(H2,20,21,25). The number of carbonyl (C=O) groups excluding carboxylic acids is 2. The van der Waals surface area contributed by atoms with Crippen molar-refractivity contribution in [1.29, 1.82) is 5.26 Å². The van der Waals surface area contributed by atoms with E-state index in [1.165, 1.54) is 0 Å². The first-order chi connectivity index (χ1) is 11.8. The van der Waals surface area contributed by atoms with Gasteiger partial charge in [0.15, 0.2) is 0 Å². The molecular formula is C18H27N5O2. The van der Waals surface area contributed by atoms with Crippen LogP contribution in [-0.4, -0.2) is 41.0 Å². The van der Waals surface area contributed by atoms with E-state index in [4.69, 9.17) is 5.26 Å². The van der Waals surface area contributed by atoms with Gasteiger partial charge < -0.3 is 14.8 Å². The van der Waals surface area contributed by atoms with Crippen molar-refractivity contribution in [1.82, 2.24) is 14.8 Å². The van der Waals surface area contributed by atoms with E-state index in [-0.39, 0.29) is 17.5 Å². The predicted molar refractivity (Wildman–Crippen MR) is 96.2 cm³/mol. The second-order valence-corrected chi connectivity index (χ2v) is 7.34. The summed E-state index contributed by atoms with van der Waals surface area (Å²) in [5.41, 5.74) is 0.247. The van der Waals surface area contributed by atoms with Crippen molar-refractivity contribution >= 4 is 17.8 Å². The van der Waals surface area contributed by atoms with Crippen molar-refractivity contribution in [2.45, 2.75) is 52.0 Å². The van der Waals surface area contributed by atoms with Gasteiger partial charge in [-0.1, -0.05) is 6.42 Å². The van der Waals surface area contributed by atoms with Crippen LogP contribution < -0.4 is 10.6 Å². The Kier molecular flexibility index (Phi) is 6.07. The molecule has 1 fully saturated rings. The molecule has 1 aliphatic rings. The molecule has 1 saturated heterocycles. The van der Waals surface area contributed by atoms with Gasteiger partial charge >= 0.3 is 6.03 Å². The molecule has 0 radical (unpaired) electrons. The van der Waals surface area contributed by atoms with Crippen molar-refractivity contribution < 1.29 is 9.59 Å². The van der Waals surface area contributed by atoms with Crippen molar-refractivity contribution in [3.05, 3.63) is 17.8 Å². The van der Waals surface area contributed by atoms with E-state index in [1.54, 1.807) is 12.3 Å². The van der Waals surface area contributed by atoms with Crippen LogP contribution in [0.2, 0.25) is 0 Å². The van der Waals surface area contributed by atoms with Crippen LogP contribution in [0.15, 0.2) is 12.3 Å². The number of nitrogens with one attached hydrogen (secondary N) is 2. The molecule has 25 heavy (non-hydrogen) atoms. The average Bonchev–Trinajstić information content (AvgIpc) is 2.85. The zero-order chi connectivity index (χ0) is 18.4. The van der Waals surface area contributed by atoms with E-state index >= 15 is 0 Å². The summed E-state index contributed by atoms with van der Waals surface area (Å²) in [5, 5.41) is 14.7. The molecule has 0 aromatic carbocycles. The first-order valence-corrected chi connectivity index (χ1v) is 8.77. The second kappa shape index (κ2) is 8.06. The molecule has 1 aliphatic heterocycles. The molecule has 1 aromatic rings. The lowest BCUT2D eigenvalue weighted by Gasteiger charge is -2.24. The summed E-state index contributed by atoms with van der Waals surface area (Å²) in [6.07, 6.45) is 5.39. The van der Waals surface area contributed by atoms with Crippen LogP contribution in [0.5, 0.6) is 0 Å². The lowest BCUT2D eigenvalue weighted by atomic mass is 10.1. The Labute approximate surface area is 149 Å². The molecule has 0 atom stereocenters. The first kappa shape index (κ1) is 18.8. The topological polar surface area (TPSA) is 90.2 Å². The van der Waals surface area contributed by atoms with Gasteiger partial charge in [0, 0.05) is 37.8 Å². The van der Waals surface area contributed by atoms with E-state index in [1.807, 2.05) is 30.2 Å². The zero-order valence-electron chi connectivity index (χ0n) is 15.3. The van der Waals surface area contributed by atoms with Gasteiger partial charge in [-0.3, -0.25) is 10.1 Å². The normalized spacial score (nSPS) is 15.4. The van der Waals surface area contributed by atoms with Crippen LogP contribution in [0.3, 0.4) is 0 Å². The highest BCUT2D eigenvalue weighted by molar-refractivity contribution is 5.88. The molecule has 0 unspecified atom stereocenters. The Morgan fingerprint density at radius 3 is 2.76 bits per heavy atom. The van der Waals surface area contributed by atoms with E-state index < -0.39 is 0 Å². The molecule has 7 heteroatoms. The van der Waals surface area contributed by atoms with Gasteiger partial charge in [-0.25, -0.2) is 4.79 Å². The fourth-order valence-corrected chi connectivity index (χ4v) is 2.92. The summed E-state index contributed by atoms with van der Waals surface area (Å²) in [4.78, 5) is 25.9. The molecule has 0 saturated carbocycles. The van der Waals surface area contributed by atoms with Gasteiger partial charge in [-0.05, 0) is 39.7 Å². The molecule has 2 rings (SSSR count). The Hall–Kier alpha value is -2.49. The molecule has 0 spiro atoms. The lowest BCUT2D eigenvalue weighted by Crippen LogP contribution is -2.40. The van der Waals surface area contributed by atoms with Crippen LogP contribution in [0.25, 0.3) is 0 Å². The largest absolute Gasteiger partial charge is 0.341 e. The van der Waals surface area contributed by atoms with Crippen molar-refractivity contribution in [3.63, 3.8) is 0 Å². The second-order valence-electron chi connectivity index (χ2n) is 7.34. The molecular weight excluding hydrogens is 318 g/mol. The number of anilines is 1. The van der Waals surface area contributed by atoms with Gasteiger partial charge in [0.2, 0.25) is 5.91 Å². The SMILES string of the molecule is CC(C)(C)n1cc(C#N)cc1NC(=O)NCCN1CCCCCC1=O. The van der Waals surface area contributed by atoms with Crippen LogP contribution in [-0.2, 0) is 10.3 Å². The number of nitrogens with zero attached hydrogens (tertiary/aromatic N) is 3. The van der Waals surface area contributed by atoms with Crippen molar-refractivity contribution in [2.24, 2.45) is 0 Å². The summed E-state index contributed by atoms with van der Waals surface area (Å²) in [5.74, 6) is 0.743. The van der Waals surface area contributed by atoms with Gasteiger partial charge in [0.1, 0.15) is 11.9 Å². The Balaban J connectivity index is 1.89. The van der Waals surface area contributed by atoms with Crippen molar-refractivity contribution in [3.8, 4) is 6.07 Å². The highest BCUT2D eigenvalue weighted by Gasteiger charge is 2.20. The summed E-state index contributed by atoms with van der Waals surface area (Å²) in [6, 6.07) is 3.41. The number of hydrogen-bond acceptors (Lipinski definition) is 3. The minimum absolute atomic E-state index is 0.167. The lowest BCUT2D eigenvalue weighted by molar-refractivity contribution is -0.130. The predicted octanol–water partition coefficient (Wildman–Crippen LogP) is 2.64. The number of rotatable bonds is 4. The first-order valence-electron chi connectivity index (χ1n) is 8.77. The number of aromatic nitrogens is 1. The minimum atomic E-state index is -0.338. The molecule has 1 aromatic heterocycles. The summed E-state index contributed by atoms with van der Waals surface area (Å²) >= 11 is 0. The zero-order valence-corrected chi connectivity index (χ0v) is 15.3. The van der Waals surface area contributed by atoms with Crippen molar-refractivity contribution in [2.75, 3.05) is 25.0 Å². The minimum Gasteiger partial charge on any atom is -0.341 e. The summed E-state index contributed by atoms with van der Waals surface area (Å²) in [7, 11) is 0. The number of amides is 3. The van der Waals surface area contributed by atoms with Crippen LogP contribution in [0.1, 0.15) is 52.0 Å². The summed E-state index contributed by atoms with van der Waals surface area (Å²) in [6.45, 7) is 7.70. The highest BCUT2D eigenvalue weighted by Crippen LogP contribution is 2.23. The third-order valence-corrected chi connectivity index (χ3v) is 4.25. The van der Waals surface area contributed by atoms with E-state index in [9.17, 15) is 9.59 Å². The third-order valence-electron chi connectivity index (χ3n) is 4.25. The molecule has 2 heterocycles.